The lowest BCUT2D eigenvalue weighted by molar-refractivity contribution is -0.111. The van der Waals surface area contributed by atoms with Gasteiger partial charge in [-0.2, -0.15) is 0 Å². The molecule has 136 valence electrons. The molecule has 0 atom stereocenters. The van der Waals surface area contributed by atoms with Gasteiger partial charge >= 0.3 is 0 Å². The maximum Gasteiger partial charge on any atom is 0.274 e. The maximum absolute atomic E-state index is 12.5. The second-order valence-corrected chi connectivity index (χ2v) is 5.90. The molecule has 1 saturated heterocycles. The predicted octanol–water partition coefficient (Wildman–Crippen LogP) is 0.853. The maximum atomic E-state index is 12.5. The molecule has 1 aromatic heterocycles. The van der Waals surface area contributed by atoms with Crippen molar-refractivity contribution >= 4 is 22.9 Å². The Balaban J connectivity index is 1.74. The van der Waals surface area contributed by atoms with Crippen LogP contribution in [0.4, 0.5) is 11.4 Å². The average Bonchev–Trinajstić information content (AvgIpc) is 2.66. The number of carbonyl (C=O) groups is 1. The van der Waals surface area contributed by atoms with Crippen molar-refractivity contribution in [1.29, 1.82) is 0 Å². The summed E-state index contributed by atoms with van der Waals surface area (Å²) in [6.07, 6.45) is 2.57. The van der Waals surface area contributed by atoms with Crippen LogP contribution in [0.5, 0.6) is 0 Å². The van der Waals surface area contributed by atoms with Crippen molar-refractivity contribution in [3.63, 3.8) is 0 Å². The monoisotopic (exact) mass is 355 g/mol. The number of hydrogen-bond acceptors (Lipinski definition) is 6. The summed E-state index contributed by atoms with van der Waals surface area (Å²) in [7, 11) is 0. The molecule has 1 fully saturated rings. The van der Waals surface area contributed by atoms with E-state index in [9.17, 15) is 9.59 Å². The highest BCUT2D eigenvalue weighted by Gasteiger charge is 2.17. The first-order valence-electron chi connectivity index (χ1n) is 8.31. The summed E-state index contributed by atoms with van der Waals surface area (Å²) < 4.78 is 5.35. The van der Waals surface area contributed by atoms with Crippen molar-refractivity contribution in [3.05, 3.63) is 58.4 Å². The normalized spacial score (nSPS) is 15.0. The molecule has 26 heavy (non-hydrogen) atoms. The fraction of sp³-hybridized carbons (Fsp3) is 0.278. The van der Waals surface area contributed by atoms with Crippen LogP contribution in [-0.4, -0.2) is 42.2 Å². The Labute approximate surface area is 150 Å². The molecule has 0 spiro atoms. The third-order valence-electron chi connectivity index (χ3n) is 4.08. The van der Waals surface area contributed by atoms with E-state index in [1.165, 1.54) is 6.20 Å². The van der Waals surface area contributed by atoms with E-state index in [-0.39, 0.29) is 11.3 Å². The zero-order valence-corrected chi connectivity index (χ0v) is 14.5. The van der Waals surface area contributed by atoms with E-state index in [2.05, 4.69) is 20.2 Å². The van der Waals surface area contributed by atoms with E-state index < -0.39 is 11.5 Å². The number of anilines is 2. The molecule has 2 aromatic rings. The summed E-state index contributed by atoms with van der Waals surface area (Å²) in [6, 6.07) is 7.49. The molecule has 4 N–H and O–H groups in total. The van der Waals surface area contributed by atoms with Gasteiger partial charge in [0.25, 0.3) is 11.5 Å². The number of nitrogens with one attached hydrogen (secondary N) is 2. The molecular formula is C18H21N5O3. The van der Waals surface area contributed by atoms with Gasteiger partial charge in [-0.1, -0.05) is 0 Å². The Bertz CT molecular complexity index is 867. The lowest BCUT2D eigenvalue weighted by atomic mass is 10.1. The quantitative estimate of drug-likeness (QED) is 0.701. The predicted molar refractivity (Wildman–Crippen MR) is 99.9 cm³/mol. The van der Waals surface area contributed by atoms with E-state index in [1.54, 1.807) is 6.92 Å². The second-order valence-electron chi connectivity index (χ2n) is 5.90. The van der Waals surface area contributed by atoms with Crippen LogP contribution in [0.15, 0.2) is 41.5 Å². The van der Waals surface area contributed by atoms with Gasteiger partial charge in [0.1, 0.15) is 5.69 Å². The molecule has 1 aliphatic rings. The standard InChI is InChI=1S/C18H21N5O3/c1-12-11-20-18(25)16(21-12)15(10-19)17(24)22-13-2-4-14(5-3-13)23-6-8-26-9-7-23/h2-5,10-11H,6-9,19H2,1H3,(H,20,25)(H,22,24). The first kappa shape index (κ1) is 17.7. The van der Waals surface area contributed by atoms with E-state index in [0.717, 1.165) is 25.0 Å². The summed E-state index contributed by atoms with van der Waals surface area (Å²) in [5.74, 6) is -0.491. The SMILES string of the molecule is Cc1c[nH]c(=O)c(C(=CN)C(=O)Nc2ccc(N3CCOCC3)cc2)n1. The van der Waals surface area contributed by atoms with Crippen molar-refractivity contribution in [2.24, 2.45) is 5.73 Å². The molecule has 0 bridgehead atoms. The third-order valence-corrected chi connectivity index (χ3v) is 4.08. The summed E-state index contributed by atoms with van der Waals surface area (Å²) in [6.45, 7) is 4.82. The topological polar surface area (TPSA) is 113 Å². The lowest BCUT2D eigenvalue weighted by Gasteiger charge is -2.28. The highest BCUT2D eigenvalue weighted by atomic mass is 16.5. The van der Waals surface area contributed by atoms with Gasteiger partial charge in [0.15, 0.2) is 0 Å². The largest absolute Gasteiger partial charge is 0.404 e. The lowest BCUT2D eigenvalue weighted by Crippen LogP contribution is -2.36. The molecular weight excluding hydrogens is 334 g/mol. The number of carbonyl (C=O) groups excluding carboxylic acids is 1. The van der Waals surface area contributed by atoms with Crippen LogP contribution in [0.25, 0.3) is 5.57 Å². The van der Waals surface area contributed by atoms with Gasteiger partial charge in [0.2, 0.25) is 0 Å². The Morgan fingerprint density at radius 3 is 2.65 bits per heavy atom. The highest BCUT2D eigenvalue weighted by molar-refractivity contribution is 6.24. The van der Waals surface area contributed by atoms with Crippen molar-refractivity contribution in [3.8, 4) is 0 Å². The Hall–Kier alpha value is -3.13. The fourth-order valence-corrected chi connectivity index (χ4v) is 2.72. The number of hydrogen-bond donors (Lipinski definition) is 3. The van der Waals surface area contributed by atoms with Crippen LogP contribution < -0.4 is 21.5 Å². The number of amides is 1. The van der Waals surface area contributed by atoms with E-state index >= 15 is 0 Å². The number of aryl methyl sites for hydroxylation is 1. The van der Waals surface area contributed by atoms with E-state index in [4.69, 9.17) is 10.5 Å². The minimum absolute atomic E-state index is 0.00469. The van der Waals surface area contributed by atoms with Gasteiger partial charge in [-0.3, -0.25) is 9.59 Å². The van der Waals surface area contributed by atoms with Crippen LogP contribution in [-0.2, 0) is 9.53 Å². The molecule has 1 amide bonds. The van der Waals surface area contributed by atoms with E-state index in [0.29, 0.717) is 24.6 Å². The molecule has 1 aliphatic heterocycles. The van der Waals surface area contributed by atoms with Gasteiger partial charge in [-0.15, -0.1) is 0 Å². The van der Waals surface area contributed by atoms with Crippen molar-refractivity contribution in [2.45, 2.75) is 6.92 Å². The van der Waals surface area contributed by atoms with Gasteiger partial charge < -0.3 is 25.7 Å². The summed E-state index contributed by atoms with van der Waals surface area (Å²) in [4.78, 5) is 33.3. The van der Waals surface area contributed by atoms with Gasteiger partial charge in [-0.05, 0) is 31.2 Å². The Morgan fingerprint density at radius 2 is 2.00 bits per heavy atom. The number of benzene rings is 1. The van der Waals surface area contributed by atoms with Crippen LogP contribution in [0, 0.1) is 6.92 Å². The molecule has 0 aliphatic carbocycles. The van der Waals surface area contributed by atoms with Crippen molar-refractivity contribution in [2.75, 3.05) is 36.5 Å². The first-order valence-corrected chi connectivity index (χ1v) is 8.31. The van der Waals surface area contributed by atoms with Crippen molar-refractivity contribution in [1.82, 2.24) is 9.97 Å². The molecule has 0 radical (unpaired) electrons. The van der Waals surface area contributed by atoms with Gasteiger partial charge in [0.05, 0.1) is 24.5 Å². The summed E-state index contributed by atoms with van der Waals surface area (Å²) in [5.41, 5.74) is 7.37. The molecule has 2 heterocycles. The summed E-state index contributed by atoms with van der Waals surface area (Å²) >= 11 is 0. The van der Waals surface area contributed by atoms with Crippen molar-refractivity contribution < 1.29 is 9.53 Å². The van der Waals surface area contributed by atoms with E-state index in [1.807, 2.05) is 24.3 Å². The highest BCUT2D eigenvalue weighted by Crippen LogP contribution is 2.20. The zero-order chi connectivity index (χ0) is 18.5. The Kier molecular flexibility index (Phi) is 5.33. The second kappa shape index (κ2) is 7.83. The minimum atomic E-state index is -0.491. The fourth-order valence-electron chi connectivity index (χ4n) is 2.72. The number of nitrogens with two attached hydrogens (primary N) is 1. The van der Waals surface area contributed by atoms with Crippen LogP contribution in [0.1, 0.15) is 11.4 Å². The number of nitrogens with zero attached hydrogens (tertiary/aromatic N) is 2. The summed E-state index contributed by atoms with van der Waals surface area (Å²) in [5, 5.41) is 2.75. The number of ether oxygens (including phenoxy) is 1. The molecule has 0 unspecified atom stereocenters. The number of aromatic nitrogens is 2. The molecule has 8 nitrogen and oxygen atoms in total. The first-order chi connectivity index (χ1) is 12.6. The number of aromatic amines is 1. The molecule has 1 aromatic carbocycles. The Morgan fingerprint density at radius 1 is 1.31 bits per heavy atom. The van der Waals surface area contributed by atoms with Gasteiger partial charge in [-0.25, -0.2) is 4.98 Å². The minimum Gasteiger partial charge on any atom is -0.404 e. The molecule has 0 saturated carbocycles. The molecule has 8 heteroatoms. The zero-order valence-electron chi connectivity index (χ0n) is 14.5. The number of morpholine rings is 1. The van der Waals surface area contributed by atoms with Crippen LogP contribution in [0.3, 0.4) is 0 Å². The van der Waals surface area contributed by atoms with Crippen LogP contribution >= 0.6 is 0 Å². The number of H-pyrrole nitrogens is 1. The smallest absolute Gasteiger partial charge is 0.274 e. The third kappa shape index (κ3) is 3.92. The average molecular weight is 355 g/mol. The number of rotatable bonds is 4. The van der Waals surface area contributed by atoms with Gasteiger partial charge in [0, 0.05) is 36.9 Å². The van der Waals surface area contributed by atoms with Crippen LogP contribution in [0.2, 0.25) is 0 Å². The molecule has 3 rings (SSSR count).